The Kier molecular flexibility index (Phi) is 3.68. The zero-order valence-corrected chi connectivity index (χ0v) is 10.8. The smallest absolute Gasteiger partial charge is 0.152 e. The highest BCUT2D eigenvalue weighted by atomic mass is 16.1. The van der Waals surface area contributed by atoms with Gasteiger partial charge in [0.15, 0.2) is 5.78 Å². The minimum absolute atomic E-state index is 0.0664. The summed E-state index contributed by atoms with van der Waals surface area (Å²) in [4.78, 5) is 14.3. The van der Waals surface area contributed by atoms with Gasteiger partial charge in [-0.3, -0.25) is 9.69 Å². The van der Waals surface area contributed by atoms with Crippen LogP contribution in [0.2, 0.25) is 0 Å². The van der Waals surface area contributed by atoms with Crippen molar-refractivity contribution in [3.63, 3.8) is 0 Å². The van der Waals surface area contributed by atoms with Crippen LogP contribution in [0.15, 0.2) is 0 Å². The average Bonchev–Trinajstić information content (AvgIpc) is 2.26. The number of rotatable bonds is 2. The van der Waals surface area contributed by atoms with Crippen LogP contribution in [-0.2, 0) is 4.79 Å². The van der Waals surface area contributed by atoms with Gasteiger partial charge in [0, 0.05) is 12.0 Å². The molecule has 1 aliphatic heterocycles. The van der Waals surface area contributed by atoms with Crippen LogP contribution in [0.3, 0.4) is 0 Å². The number of carbonyl (C=O) groups excluding carboxylic acids is 1. The molecule has 0 unspecified atom stereocenters. The molecule has 0 bridgehead atoms. The first-order chi connectivity index (χ1) is 7.58. The quantitative estimate of drug-likeness (QED) is 0.717. The van der Waals surface area contributed by atoms with E-state index in [0.29, 0.717) is 12.3 Å². The van der Waals surface area contributed by atoms with E-state index < -0.39 is 0 Å². The SMILES string of the molecule is CC1(C)CCN(CC2CCCCC2)CC1=O. The summed E-state index contributed by atoms with van der Waals surface area (Å²) in [7, 11) is 0. The van der Waals surface area contributed by atoms with Crippen molar-refractivity contribution in [1.29, 1.82) is 0 Å². The van der Waals surface area contributed by atoms with E-state index in [-0.39, 0.29) is 5.41 Å². The summed E-state index contributed by atoms with van der Waals surface area (Å²) in [5.74, 6) is 1.30. The van der Waals surface area contributed by atoms with Crippen LogP contribution < -0.4 is 0 Å². The van der Waals surface area contributed by atoms with Crippen LogP contribution in [0.25, 0.3) is 0 Å². The van der Waals surface area contributed by atoms with Gasteiger partial charge < -0.3 is 0 Å². The maximum Gasteiger partial charge on any atom is 0.152 e. The first-order valence-electron chi connectivity index (χ1n) is 6.83. The third kappa shape index (κ3) is 2.85. The molecule has 16 heavy (non-hydrogen) atoms. The van der Waals surface area contributed by atoms with E-state index in [9.17, 15) is 4.79 Å². The highest BCUT2D eigenvalue weighted by molar-refractivity contribution is 5.86. The maximum atomic E-state index is 11.9. The normalized spacial score (nSPS) is 28.2. The van der Waals surface area contributed by atoms with E-state index in [4.69, 9.17) is 0 Å². The molecule has 2 fully saturated rings. The van der Waals surface area contributed by atoms with Crippen molar-refractivity contribution in [3.8, 4) is 0 Å². The van der Waals surface area contributed by atoms with Crippen LogP contribution in [0, 0.1) is 11.3 Å². The highest BCUT2D eigenvalue weighted by Crippen LogP contribution is 2.29. The Bertz CT molecular complexity index is 253. The summed E-state index contributed by atoms with van der Waals surface area (Å²) in [5.41, 5.74) is -0.0664. The number of nitrogens with zero attached hydrogens (tertiary/aromatic N) is 1. The summed E-state index contributed by atoms with van der Waals surface area (Å²) >= 11 is 0. The number of hydrogen-bond donors (Lipinski definition) is 0. The summed E-state index contributed by atoms with van der Waals surface area (Å²) in [6.45, 7) is 7.17. The Balaban J connectivity index is 1.81. The Morgan fingerprint density at radius 2 is 1.94 bits per heavy atom. The molecule has 1 saturated heterocycles. The van der Waals surface area contributed by atoms with Gasteiger partial charge in [0.1, 0.15) is 0 Å². The van der Waals surface area contributed by atoms with E-state index >= 15 is 0 Å². The number of piperidine rings is 1. The fourth-order valence-corrected chi connectivity index (χ4v) is 2.96. The molecule has 1 saturated carbocycles. The van der Waals surface area contributed by atoms with Gasteiger partial charge >= 0.3 is 0 Å². The molecule has 2 rings (SSSR count). The standard InChI is InChI=1S/C14H25NO/c1-14(2)8-9-15(11-13(14)16)10-12-6-4-3-5-7-12/h12H,3-11H2,1-2H3. The molecule has 2 nitrogen and oxygen atoms in total. The van der Waals surface area contributed by atoms with Crippen LogP contribution in [0.4, 0.5) is 0 Å². The molecule has 0 aromatic carbocycles. The molecule has 0 aromatic rings. The molecule has 2 heteroatoms. The second-order valence-corrected chi connectivity index (χ2v) is 6.30. The molecule has 1 heterocycles. The fourth-order valence-electron chi connectivity index (χ4n) is 2.96. The van der Waals surface area contributed by atoms with E-state index in [0.717, 1.165) is 18.9 Å². The molecule has 0 atom stereocenters. The number of likely N-dealkylation sites (tertiary alicyclic amines) is 1. The van der Waals surface area contributed by atoms with Gasteiger partial charge in [-0.05, 0) is 31.7 Å². The van der Waals surface area contributed by atoms with Gasteiger partial charge in [-0.15, -0.1) is 0 Å². The van der Waals surface area contributed by atoms with Crippen molar-refractivity contribution in [3.05, 3.63) is 0 Å². The lowest BCUT2D eigenvalue weighted by atomic mass is 9.80. The highest BCUT2D eigenvalue weighted by Gasteiger charge is 2.34. The summed E-state index contributed by atoms with van der Waals surface area (Å²) < 4.78 is 0. The zero-order chi connectivity index (χ0) is 11.6. The third-order valence-electron chi connectivity index (χ3n) is 4.42. The number of ketones is 1. The third-order valence-corrected chi connectivity index (χ3v) is 4.42. The average molecular weight is 223 g/mol. The predicted octanol–water partition coefficient (Wildman–Crippen LogP) is 2.87. The Morgan fingerprint density at radius 3 is 2.56 bits per heavy atom. The topological polar surface area (TPSA) is 20.3 Å². The van der Waals surface area contributed by atoms with Gasteiger partial charge in [0.25, 0.3) is 0 Å². The molecule has 0 aromatic heterocycles. The van der Waals surface area contributed by atoms with Crippen molar-refractivity contribution in [2.45, 2.75) is 52.4 Å². The predicted molar refractivity (Wildman–Crippen MR) is 66.4 cm³/mol. The van der Waals surface area contributed by atoms with E-state index in [1.165, 1.54) is 38.6 Å². The lowest BCUT2D eigenvalue weighted by molar-refractivity contribution is -0.132. The van der Waals surface area contributed by atoms with Gasteiger partial charge in [-0.2, -0.15) is 0 Å². The molecular weight excluding hydrogens is 198 g/mol. The number of hydrogen-bond acceptors (Lipinski definition) is 2. The lowest BCUT2D eigenvalue weighted by Gasteiger charge is -2.37. The molecular formula is C14H25NO. The summed E-state index contributed by atoms with van der Waals surface area (Å²) in [6, 6.07) is 0. The monoisotopic (exact) mass is 223 g/mol. The van der Waals surface area contributed by atoms with Crippen LogP contribution in [0.1, 0.15) is 52.4 Å². The molecule has 1 aliphatic carbocycles. The second-order valence-electron chi connectivity index (χ2n) is 6.30. The van der Waals surface area contributed by atoms with Gasteiger partial charge in [0.2, 0.25) is 0 Å². The fraction of sp³-hybridized carbons (Fsp3) is 0.929. The van der Waals surface area contributed by atoms with E-state index in [1.807, 2.05) is 0 Å². The molecule has 0 radical (unpaired) electrons. The Hall–Kier alpha value is -0.370. The molecule has 0 N–H and O–H groups in total. The summed E-state index contributed by atoms with van der Waals surface area (Å²) in [5, 5.41) is 0. The van der Waals surface area contributed by atoms with Crippen molar-refractivity contribution in [1.82, 2.24) is 4.90 Å². The minimum Gasteiger partial charge on any atom is -0.298 e. The van der Waals surface area contributed by atoms with E-state index in [2.05, 4.69) is 18.7 Å². The number of Topliss-reactive ketones (excluding diaryl/α,β-unsaturated/α-hetero) is 1. The maximum absolute atomic E-state index is 11.9. The Labute approximate surface area is 99.4 Å². The molecule has 0 spiro atoms. The first-order valence-corrected chi connectivity index (χ1v) is 6.83. The van der Waals surface area contributed by atoms with Crippen LogP contribution in [0.5, 0.6) is 0 Å². The van der Waals surface area contributed by atoms with E-state index in [1.54, 1.807) is 0 Å². The Morgan fingerprint density at radius 1 is 1.25 bits per heavy atom. The molecule has 2 aliphatic rings. The van der Waals surface area contributed by atoms with Crippen LogP contribution >= 0.6 is 0 Å². The molecule has 0 amide bonds. The van der Waals surface area contributed by atoms with Crippen molar-refractivity contribution < 1.29 is 4.79 Å². The van der Waals surface area contributed by atoms with Gasteiger partial charge in [0.05, 0.1) is 6.54 Å². The minimum atomic E-state index is -0.0664. The largest absolute Gasteiger partial charge is 0.298 e. The lowest BCUT2D eigenvalue weighted by Crippen LogP contribution is -2.46. The van der Waals surface area contributed by atoms with Crippen LogP contribution in [-0.4, -0.2) is 30.3 Å². The van der Waals surface area contributed by atoms with Crippen molar-refractivity contribution in [2.24, 2.45) is 11.3 Å². The first kappa shape index (κ1) is 12.1. The zero-order valence-electron chi connectivity index (χ0n) is 10.8. The second kappa shape index (κ2) is 4.87. The number of carbonyl (C=O) groups is 1. The van der Waals surface area contributed by atoms with Gasteiger partial charge in [-0.1, -0.05) is 33.1 Å². The molecule has 92 valence electrons. The van der Waals surface area contributed by atoms with Crippen molar-refractivity contribution in [2.75, 3.05) is 19.6 Å². The summed E-state index contributed by atoms with van der Waals surface area (Å²) in [6.07, 6.45) is 8.03. The van der Waals surface area contributed by atoms with Gasteiger partial charge in [-0.25, -0.2) is 0 Å². The van der Waals surface area contributed by atoms with Crippen molar-refractivity contribution >= 4 is 5.78 Å².